The fourth-order valence-corrected chi connectivity index (χ4v) is 4.91. The van der Waals surface area contributed by atoms with Crippen LogP contribution in [-0.4, -0.2) is 21.0 Å². The van der Waals surface area contributed by atoms with Crippen molar-refractivity contribution in [2.45, 2.75) is 78.9 Å². The molecular weight excluding hydrogens is 450 g/mol. The van der Waals surface area contributed by atoms with Crippen LogP contribution in [0.3, 0.4) is 0 Å². The normalized spacial score (nSPS) is 11.5. The molecule has 0 unspecified atom stereocenters. The summed E-state index contributed by atoms with van der Waals surface area (Å²) in [6, 6.07) is 30.7. The van der Waals surface area contributed by atoms with Crippen LogP contribution in [0.4, 0.5) is 0 Å². The number of rotatable bonds is 13. The van der Waals surface area contributed by atoms with Crippen LogP contribution in [0.25, 0.3) is 22.6 Å². The number of benzene rings is 3. The Morgan fingerprint density at radius 3 is 1.95 bits per heavy atom. The first kappa shape index (κ1) is 26.9. The minimum Gasteiger partial charge on any atom is -0.326 e. The summed E-state index contributed by atoms with van der Waals surface area (Å²) >= 11 is 0. The van der Waals surface area contributed by atoms with Crippen LogP contribution in [0.15, 0.2) is 84.9 Å². The molecule has 0 amide bonds. The van der Waals surface area contributed by atoms with Crippen LogP contribution in [0.2, 0.25) is 0 Å². The molecule has 0 spiro atoms. The van der Waals surface area contributed by atoms with Gasteiger partial charge in [0, 0.05) is 30.8 Å². The van der Waals surface area contributed by atoms with Gasteiger partial charge in [0.1, 0.15) is 5.82 Å². The van der Waals surface area contributed by atoms with Gasteiger partial charge in [-0.1, -0.05) is 125 Å². The maximum atomic E-state index is 5.31. The third kappa shape index (κ3) is 6.99. The highest BCUT2D eigenvalue weighted by atomic mass is 15.2. The van der Waals surface area contributed by atoms with Gasteiger partial charge in [-0.25, -0.2) is 4.98 Å². The van der Waals surface area contributed by atoms with E-state index in [0.29, 0.717) is 5.92 Å². The van der Waals surface area contributed by atoms with E-state index in [0.717, 1.165) is 50.5 Å². The first-order chi connectivity index (χ1) is 18.1. The van der Waals surface area contributed by atoms with Gasteiger partial charge >= 0.3 is 0 Å². The smallest absolute Gasteiger partial charge is 0.140 e. The fourth-order valence-electron chi connectivity index (χ4n) is 4.91. The molecule has 0 aliphatic carbocycles. The van der Waals surface area contributed by atoms with E-state index in [1.807, 2.05) is 0 Å². The zero-order valence-corrected chi connectivity index (χ0v) is 23.2. The molecule has 0 radical (unpaired) electrons. The average molecular weight is 494 g/mol. The molecule has 3 aromatic carbocycles. The maximum absolute atomic E-state index is 5.31. The topological polar surface area (TPSA) is 21.1 Å². The van der Waals surface area contributed by atoms with Gasteiger partial charge in [-0.05, 0) is 36.4 Å². The van der Waals surface area contributed by atoms with Crippen molar-refractivity contribution in [1.82, 2.24) is 14.5 Å². The lowest BCUT2D eigenvalue weighted by Gasteiger charge is -2.24. The number of hydrogen-bond donors (Lipinski definition) is 0. The summed E-state index contributed by atoms with van der Waals surface area (Å²) in [5.74, 6) is 1.64. The molecule has 0 bridgehead atoms. The van der Waals surface area contributed by atoms with Gasteiger partial charge in [0.25, 0.3) is 0 Å². The SMILES string of the molecule is CCCCN(Cc1ccc(C(C)C)cc1)Cc1c(-c2ccccc2)nc(-c2ccccc2)n1CCCC. The van der Waals surface area contributed by atoms with Crippen LogP contribution >= 0.6 is 0 Å². The van der Waals surface area contributed by atoms with Gasteiger partial charge < -0.3 is 4.57 Å². The molecule has 0 aliphatic rings. The molecule has 37 heavy (non-hydrogen) atoms. The molecule has 0 aliphatic heterocycles. The van der Waals surface area contributed by atoms with Gasteiger partial charge in [0.2, 0.25) is 0 Å². The predicted octanol–water partition coefficient (Wildman–Crippen LogP) is 8.94. The fraction of sp³-hybridized carbons (Fsp3) is 0.382. The molecule has 194 valence electrons. The maximum Gasteiger partial charge on any atom is 0.140 e. The zero-order valence-electron chi connectivity index (χ0n) is 23.2. The highest BCUT2D eigenvalue weighted by Crippen LogP contribution is 2.31. The van der Waals surface area contributed by atoms with E-state index in [2.05, 4.69) is 122 Å². The van der Waals surface area contributed by atoms with Crippen molar-refractivity contribution in [2.24, 2.45) is 0 Å². The Balaban J connectivity index is 1.75. The van der Waals surface area contributed by atoms with Crippen molar-refractivity contribution in [1.29, 1.82) is 0 Å². The standard InChI is InChI=1S/C34H43N3/c1-5-7-23-36(25-28-19-21-29(22-20-28)27(3)4)26-32-33(30-15-11-9-12-16-30)35-34(37(32)24-8-6-2)31-17-13-10-14-18-31/h9-22,27H,5-8,23-26H2,1-4H3. The Bertz CT molecular complexity index is 1210. The van der Waals surface area contributed by atoms with Gasteiger partial charge in [-0.15, -0.1) is 0 Å². The van der Waals surface area contributed by atoms with Gasteiger partial charge in [-0.3, -0.25) is 4.90 Å². The Labute approximate surface area is 224 Å². The van der Waals surface area contributed by atoms with Crippen LogP contribution in [-0.2, 0) is 19.6 Å². The summed E-state index contributed by atoms with van der Waals surface area (Å²) in [5, 5.41) is 0. The lowest BCUT2D eigenvalue weighted by atomic mass is 10.0. The Hall–Kier alpha value is -3.17. The van der Waals surface area contributed by atoms with Crippen molar-refractivity contribution >= 4 is 0 Å². The lowest BCUT2D eigenvalue weighted by Crippen LogP contribution is -2.26. The molecule has 1 aromatic heterocycles. The minimum absolute atomic E-state index is 0.558. The van der Waals surface area contributed by atoms with Gasteiger partial charge in [0.05, 0.1) is 11.4 Å². The predicted molar refractivity (Wildman–Crippen MR) is 158 cm³/mol. The summed E-state index contributed by atoms with van der Waals surface area (Å²) in [7, 11) is 0. The van der Waals surface area contributed by atoms with E-state index in [1.54, 1.807) is 0 Å². The molecule has 1 heterocycles. The molecule has 0 N–H and O–H groups in total. The van der Waals surface area contributed by atoms with Crippen molar-refractivity contribution in [2.75, 3.05) is 6.54 Å². The van der Waals surface area contributed by atoms with Crippen LogP contribution in [0.1, 0.15) is 76.1 Å². The lowest BCUT2D eigenvalue weighted by molar-refractivity contribution is 0.246. The number of unbranched alkanes of at least 4 members (excludes halogenated alkanes) is 2. The first-order valence-corrected chi connectivity index (χ1v) is 14.1. The summed E-state index contributed by atoms with van der Waals surface area (Å²) in [5.41, 5.74) is 7.61. The van der Waals surface area contributed by atoms with E-state index in [9.17, 15) is 0 Å². The molecule has 0 saturated heterocycles. The second kappa shape index (κ2) is 13.4. The number of hydrogen-bond acceptors (Lipinski definition) is 2. The molecule has 4 aromatic rings. The third-order valence-electron chi connectivity index (χ3n) is 7.14. The number of imidazole rings is 1. The van der Waals surface area contributed by atoms with Crippen molar-refractivity contribution < 1.29 is 0 Å². The molecular formula is C34H43N3. The molecule has 0 atom stereocenters. The van der Waals surface area contributed by atoms with Crippen LogP contribution in [0.5, 0.6) is 0 Å². The van der Waals surface area contributed by atoms with E-state index in [4.69, 9.17) is 4.98 Å². The van der Waals surface area contributed by atoms with Crippen LogP contribution in [0, 0.1) is 0 Å². The van der Waals surface area contributed by atoms with Crippen molar-refractivity contribution in [3.8, 4) is 22.6 Å². The average Bonchev–Trinajstić information content (AvgIpc) is 3.29. The molecule has 4 rings (SSSR count). The van der Waals surface area contributed by atoms with E-state index in [-0.39, 0.29) is 0 Å². The summed E-state index contributed by atoms with van der Waals surface area (Å²) in [6.07, 6.45) is 4.69. The molecule has 0 fully saturated rings. The molecule has 0 saturated carbocycles. The first-order valence-electron chi connectivity index (χ1n) is 14.1. The summed E-state index contributed by atoms with van der Waals surface area (Å²) in [4.78, 5) is 7.93. The molecule has 3 nitrogen and oxygen atoms in total. The van der Waals surface area contributed by atoms with Gasteiger partial charge in [-0.2, -0.15) is 0 Å². The highest BCUT2D eigenvalue weighted by molar-refractivity contribution is 5.68. The molecule has 3 heteroatoms. The number of nitrogens with zero attached hydrogens (tertiary/aromatic N) is 3. The number of aromatic nitrogens is 2. The highest BCUT2D eigenvalue weighted by Gasteiger charge is 2.21. The quantitative estimate of drug-likeness (QED) is 0.185. The summed E-state index contributed by atoms with van der Waals surface area (Å²) in [6.45, 7) is 13.0. The second-order valence-electron chi connectivity index (χ2n) is 10.4. The minimum atomic E-state index is 0.558. The van der Waals surface area contributed by atoms with E-state index < -0.39 is 0 Å². The van der Waals surface area contributed by atoms with Crippen LogP contribution < -0.4 is 0 Å². The third-order valence-corrected chi connectivity index (χ3v) is 7.14. The second-order valence-corrected chi connectivity index (χ2v) is 10.4. The Kier molecular flexibility index (Phi) is 9.73. The Morgan fingerprint density at radius 2 is 1.35 bits per heavy atom. The van der Waals surface area contributed by atoms with E-state index >= 15 is 0 Å². The zero-order chi connectivity index (χ0) is 26.0. The largest absolute Gasteiger partial charge is 0.326 e. The summed E-state index contributed by atoms with van der Waals surface area (Å²) < 4.78 is 2.50. The van der Waals surface area contributed by atoms with Crippen molar-refractivity contribution in [3.05, 3.63) is 102 Å². The Morgan fingerprint density at radius 1 is 0.730 bits per heavy atom. The monoisotopic (exact) mass is 493 g/mol. The van der Waals surface area contributed by atoms with Crippen molar-refractivity contribution in [3.63, 3.8) is 0 Å². The van der Waals surface area contributed by atoms with E-state index in [1.165, 1.54) is 40.8 Å². The van der Waals surface area contributed by atoms with Gasteiger partial charge in [0.15, 0.2) is 0 Å².